The maximum absolute atomic E-state index is 12.7. The monoisotopic (exact) mass is 345 g/mol. The van der Waals surface area contributed by atoms with Crippen LogP contribution in [0, 0.1) is 0 Å². The van der Waals surface area contributed by atoms with Gasteiger partial charge in [-0.2, -0.15) is 0 Å². The molecule has 0 radical (unpaired) electrons. The number of likely N-dealkylation sites (N-methyl/N-ethyl adjacent to an activating group) is 2. The molecule has 1 N–H and O–H groups in total. The second kappa shape index (κ2) is 8.00. The van der Waals surface area contributed by atoms with E-state index in [1.165, 1.54) is 11.1 Å². The Morgan fingerprint density at radius 2 is 1.84 bits per heavy atom. The highest BCUT2D eigenvalue weighted by Crippen LogP contribution is 2.33. The summed E-state index contributed by atoms with van der Waals surface area (Å²) in [6.07, 6.45) is 3.18. The van der Waals surface area contributed by atoms with Crippen molar-refractivity contribution in [3.05, 3.63) is 35.4 Å². The maximum atomic E-state index is 12.7. The van der Waals surface area contributed by atoms with Crippen LogP contribution < -0.4 is 5.32 Å². The Bertz CT molecular complexity index is 622. The summed E-state index contributed by atoms with van der Waals surface area (Å²) in [6, 6.07) is 8.52. The van der Waals surface area contributed by atoms with Gasteiger partial charge in [0.1, 0.15) is 0 Å². The van der Waals surface area contributed by atoms with E-state index in [1.54, 1.807) is 4.90 Å². The topological polar surface area (TPSA) is 52.7 Å². The number of carbonyl (C=O) groups is 2. The van der Waals surface area contributed by atoms with Gasteiger partial charge >= 0.3 is 0 Å². The number of hydrogen-bond acceptors (Lipinski definition) is 3. The Kier molecular flexibility index (Phi) is 6.22. The molecule has 0 saturated carbocycles. The van der Waals surface area contributed by atoms with E-state index < -0.39 is 0 Å². The van der Waals surface area contributed by atoms with Crippen molar-refractivity contribution in [3.63, 3.8) is 0 Å². The van der Waals surface area contributed by atoms with Gasteiger partial charge in [0.2, 0.25) is 11.8 Å². The average molecular weight is 345 g/mol. The molecule has 0 spiro atoms. The number of carbonyl (C=O) groups excluding carboxylic acids is 2. The van der Waals surface area contributed by atoms with Crippen LogP contribution in [-0.2, 0) is 16.0 Å². The van der Waals surface area contributed by atoms with Gasteiger partial charge in [-0.3, -0.25) is 14.5 Å². The van der Waals surface area contributed by atoms with E-state index in [4.69, 9.17) is 0 Å². The molecule has 1 atom stereocenters. The smallest absolute Gasteiger partial charge is 0.237 e. The summed E-state index contributed by atoms with van der Waals surface area (Å²) < 4.78 is 0. The van der Waals surface area contributed by atoms with Crippen LogP contribution in [0.3, 0.4) is 0 Å². The van der Waals surface area contributed by atoms with E-state index >= 15 is 0 Å². The van der Waals surface area contributed by atoms with Gasteiger partial charge in [-0.05, 0) is 58.2 Å². The Hall–Kier alpha value is -1.88. The van der Waals surface area contributed by atoms with Crippen molar-refractivity contribution >= 4 is 11.8 Å². The number of benzene rings is 1. The first-order valence-corrected chi connectivity index (χ1v) is 9.00. The Morgan fingerprint density at radius 3 is 2.52 bits per heavy atom. The van der Waals surface area contributed by atoms with Crippen LogP contribution in [0.25, 0.3) is 0 Å². The fraction of sp³-hybridized carbons (Fsp3) is 0.600. The molecule has 0 aliphatic heterocycles. The summed E-state index contributed by atoms with van der Waals surface area (Å²) in [6.45, 7) is 6.31. The van der Waals surface area contributed by atoms with Crippen LogP contribution in [0.5, 0.6) is 0 Å². The summed E-state index contributed by atoms with van der Waals surface area (Å²) in [5.74, 6) is -0.0128. The van der Waals surface area contributed by atoms with E-state index in [0.29, 0.717) is 0 Å². The third-order valence-electron chi connectivity index (χ3n) is 4.53. The van der Waals surface area contributed by atoms with Crippen molar-refractivity contribution in [2.24, 2.45) is 0 Å². The number of rotatable bonds is 5. The fourth-order valence-electron chi connectivity index (χ4n) is 3.41. The maximum Gasteiger partial charge on any atom is 0.237 e. The summed E-state index contributed by atoms with van der Waals surface area (Å²) in [7, 11) is 3.68. The van der Waals surface area contributed by atoms with Crippen molar-refractivity contribution in [2.75, 3.05) is 27.2 Å². The highest BCUT2D eigenvalue weighted by molar-refractivity contribution is 5.81. The number of aryl methyl sites for hydroxylation is 1. The van der Waals surface area contributed by atoms with Crippen molar-refractivity contribution in [3.8, 4) is 0 Å². The second-order valence-corrected chi connectivity index (χ2v) is 8.08. The van der Waals surface area contributed by atoms with Crippen LogP contribution in [-0.4, -0.2) is 54.3 Å². The van der Waals surface area contributed by atoms with E-state index in [-0.39, 0.29) is 36.5 Å². The first kappa shape index (κ1) is 19.4. The lowest BCUT2D eigenvalue weighted by atomic mass is 9.87. The lowest BCUT2D eigenvalue weighted by Crippen LogP contribution is -2.47. The Morgan fingerprint density at radius 1 is 1.16 bits per heavy atom. The molecule has 0 unspecified atom stereocenters. The molecular formula is C20H31N3O2. The van der Waals surface area contributed by atoms with Crippen LogP contribution in [0.4, 0.5) is 0 Å². The van der Waals surface area contributed by atoms with Crippen molar-refractivity contribution in [2.45, 2.75) is 51.6 Å². The van der Waals surface area contributed by atoms with Gasteiger partial charge in [0, 0.05) is 12.6 Å². The minimum atomic E-state index is -0.259. The Balaban J connectivity index is 1.94. The predicted molar refractivity (Wildman–Crippen MR) is 100 cm³/mol. The zero-order valence-electron chi connectivity index (χ0n) is 16.1. The molecule has 2 rings (SSSR count). The van der Waals surface area contributed by atoms with E-state index in [1.807, 2.05) is 45.8 Å². The highest BCUT2D eigenvalue weighted by atomic mass is 16.2. The lowest BCUT2D eigenvalue weighted by Gasteiger charge is -2.34. The molecule has 25 heavy (non-hydrogen) atoms. The number of amides is 2. The van der Waals surface area contributed by atoms with E-state index in [0.717, 1.165) is 19.3 Å². The standard InChI is InChI=1S/C20H31N3O2/c1-20(2,3)21-18(24)13-22(4)14-19(25)23(5)17-12-8-10-15-9-6-7-11-16(15)17/h6-7,9,11,17H,8,10,12-14H2,1-5H3,(H,21,24)/t17-/m1/s1. The SMILES string of the molecule is CN(CC(=O)NC(C)(C)C)CC(=O)N(C)[C@@H]1CCCc2ccccc21. The summed E-state index contributed by atoms with van der Waals surface area (Å²) >= 11 is 0. The molecule has 5 nitrogen and oxygen atoms in total. The van der Waals surface area contributed by atoms with Gasteiger partial charge in [-0.25, -0.2) is 0 Å². The van der Waals surface area contributed by atoms with Crippen LogP contribution in [0.2, 0.25) is 0 Å². The largest absolute Gasteiger partial charge is 0.350 e. The second-order valence-electron chi connectivity index (χ2n) is 8.08. The van der Waals surface area contributed by atoms with Gasteiger partial charge in [0.15, 0.2) is 0 Å². The first-order chi connectivity index (χ1) is 11.7. The van der Waals surface area contributed by atoms with Crippen LogP contribution >= 0.6 is 0 Å². The molecular weight excluding hydrogens is 314 g/mol. The molecule has 138 valence electrons. The molecule has 0 saturated heterocycles. The number of nitrogens with zero attached hydrogens (tertiary/aromatic N) is 2. The Labute approximate surface area is 151 Å². The minimum Gasteiger partial charge on any atom is -0.350 e. The average Bonchev–Trinajstić information content (AvgIpc) is 2.51. The number of nitrogens with one attached hydrogen (secondary N) is 1. The molecule has 1 aromatic carbocycles. The summed E-state index contributed by atoms with van der Waals surface area (Å²) in [4.78, 5) is 28.3. The highest BCUT2D eigenvalue weighted by Gasteiger charge is 2.27. The van der Waals surface area contributed by atoms with Gasteiger partial charge in [-0.15, -0.1) is 0 Å². The van der Waals surface area contributed by atoms with Crippen molar-refractivity contribution in [1.29, 1.82) is 0 Å². The van der Waals surface area contributed by atoms with Crippen molar-refractivity contribution < 1.29 is 9.59 Å². The molecule has 2 amide bonds. The van der Waals surface area contributed by atoms with Gasteiger partial charge in [0.05, 0.1) is 19.1 Å². The normalized spacial score (nSPS) is 17.1. The lowest BCUT2D eigenvalue weighted by molar-refractivity contribution is -0.134. The van der Waals surface area contributed by atoms with Gasteiger partial charge in [-0.1, -0.05) is 24.3 Å². The van der Waals surface area contributed by atoms with Crippen LogP contribution in [0.15, 0.2) is 24.3 Å². The molecule has 0 fully saturated rings. The summed E-state index contributed by atoms with van der Waals surface area (Å²) in [5, 5.41) is 2.92. The van der Waals surface area contributed by atoms with Crippen LogP contribution in [0.1, 0.15) is 50.8 Å². The van der Waals surface area contributed by atoms with E-state index in [9.17, 15) is 9.59 Å². The zero-order chi connectivity index (χ0) is 18.6. The number of fused-ring (bicyclic) bond motifs is 1. The van der Waals surface area contributed by atoms with Gasteiger partial charge in [0.25, 0.3) is 0 Å². The quantitative estimate of drug-likeness (QED) is 0.891. The fourth-order valence-corrected chi connectivity index (χ4v) is 3.41. The molecule has 0 bridgehead atoms. The van der Waals surface area contributed by atoms with E-state index in [2.05, 4.69) is 23.5 Å². The first-order valence-electron chi connectivity index (χ1n) is 9.00. The van der Waals surface area contributed by atoms with Crippen molar-refractivity contribution in [1.82, 2.24) is 15.1 Å². The third kappa shape index (κ3) is 5.56. The third-order valence-corrected chi connectivity index (χ3v) is 4.53. The molecule has 1 aliphatic rings. The minimum absolute atomic E-state index is 0.0489. The predicted octanol–water partition coefficient (Wildman–Crippen LogP) is 2.37. The number of hydrogen-bond donors (Lipinski definition) is 1. The molecule has 5 heteroatoms. The molecule has 1 aliphatic carbocycles. The molecule has 0 aromatic heterocycles. The molecule has 1 aromatic rings. The summed E-state index contributed by atoms with van der Waals surface area (Å²) in [5.41, 5.74) is 2.35. The zero-order valence-corrected chi connectivity index (χ0v) is 16.1. The molecule has 0 heterocycles. The van der Waals surface area contributed by atoms with Gasteiger partial charge < -0.3 is 10.2 Å².